The van der Waals surface area contributed by atoms with Crippen molar-refractivity contribution in [3.8, 4) is 5.75 Å². The van der Waals surface area contributed by atoms with Crippen molar-refractivity contribution in [2.75, 3.05) is 6.54 Å². The summed E-state index contributed by atoms with van der Waals surface area (Å²) in [5.74, 6) is -0.592. The molecule has 1 aliphatic carbocycles. The van der Waals surface area contributed by atoms with Gasteiger partial charge in [-0.2, -0.15) is 13.2 Å². The van der Waals surface area contributed by atoms with Gasteiger partial charge in [-0.3, -0.25) is 9.59 Å². The van der Waals surface area contributed by atoms with Crippen molar-refractivity contribution in [1.29, 1.82) is 0 Å². The van der Waals surface area contributed by atoms with Crippen LogP contribution >= 0.6 is 11.6 Å². The Hall–Kier alpha value is -3.03. The third kappa shape index (κ3) is 10.7. The molecule has 4 N–H and O–H groups in total. The summed E-state index contributed by atoms with van der Waals surface area (Å²) in [6.07, 6.45) is 1.54. The third-order valence-corrected chi connectivity index (χ3v) is 7.10. The molecule has 3 rings (SSSR count). The first-order valence-electron chi connectivity index (χ1n) is 13.0. The van der Waals surface area contributed by atoms with Gasteiger partial charge in [0.2, 0.25) is 0 Å². The molecule has 1 aliphatic rings. The highest BCUT2D eigenvalue weighted by atomic mass is 35.5. The van der Waals surface area contributed by atoms with Gasteiger partial charge in [0, 0.05) is 29.9 Å². The van der Waals surface area contributed by atoms with Gasteiger partial charge >= 0.3 is 6.18 Å². The lowest BCUT2D eigenvalue weighted by Crippen LogP contribution is -2.53. The molecule has 2 aromatic rings. The van der Waals surface area contributed by atoms with E-state index in [2.05, 4.69) is 15.3 Å². The van der Waals surface area contributed by atoms with E-state index in [4.69, 9.17) is 21.5 Å². The summed E-state index contributed by atoms with van der Waals surface area (Å²) in [6, 6.07) is 6.98. The number of nitrogens with zero attached hydrogens (tertiary/aromatic N) is 2. The number of amides is 2. The fraction of sp³-hybridized carbons (Fsp3) is 0.481. The molecular formula is C27H35ClF3N5O4S. The van der Waals surface area contributed by atoms with E-state index in [1.807, 2.05) is 13.8 Å². The number of aliphatic imine (C=N–C) groups is 1. The van der Waals surface area contributed by atoms with Crippen molar-refractivity contribution >= 4 is 46.4 Å². The molecule has 1 heterocycles. The zero-order valence-electron chi connectivity index (χ0n) is 23.3. The van der Waals surface area contributed by atoms with Crippen molar-refractivity contribution < 1.29 is 31.7 Å². The predicted octanol–water partition coefficient (Wildman–Crippen LogP) is 5.27. The third-order valence-electron chi connectivity index (χ3n) is 6.11. The molecule has 0 bridgehead atoms. The smallest absolute Gasteiger partial charge is 0.405 e. The summed E-state index contributed by atoms with van der Waals surface area (Å²) in [5.41, 5.74) is -1.35. The first kappa shape index (κ1) is 34.2. The first-order chi connectivity index (χ1) is 19.2. The highest BCUT2D eigenvalue weighted by molar-refractivity contribution is 7.82. The first-order valence-corrected chi connectivity index (χ1v) is 14.6. The van der Waals surface area contributed by atoms with Crippen molar-refractivity contribution in [3.63, 3.8) is 0 Å². The van der Waals surface area contributed by atoms with Gasteiger partial charge in [0.15, 0.2) is 11.4 Å². The fourth-order valence-corrected chi connectivity index (χ4v) is 4.53. The lowest BCUT2D eigenvalue weighted by Gasteiger charge is -2.36. The van der Waals surface area contributed by atoms with Crippen LogP contribution in [0.25, 0.3) is 0 Å². The number of alkyl halides is 3. The normalized spacial score (nSPS) is 15.2. The summed E-state index contributed by atoms with van der Waals surface area (Å²) in [6.45, 7) is 5.74. The number of hydrogen-bond acceptors (Lipinski definition) is 6. The topological polar surface area (TPSA) is 136 Å². The number of aromatic nitrogens is 1. The highest BCUT2D eigenvalue weighted by Gasteiger charge is 2.36. The Labute approximate surface area is 245 Å². The quantitative estimate of drug-likeness (QED) is 0.295. The van der Waals surface area contributed by atoms with Crippen LogP contribution < -0.4 is 20.5 Å². The number of carbonyl (C=O) groups excluding carboxylic acids is 2. The number of nitrogens with one attached hydrogen (secondary N) is 2. The number of benzene rings is 1. The standard InChI is InChI=1S/C25H29ClF3N5O4S.C2H6/c1-24(2,38-19-8-7-17(26)12-20(19)39(30)37)23(36)34-18(15-4-3-5-15)10-11-31-21-9-6-16(13-32-21)22(35)33-14-25(27,28)29;1-2/h6-9,11-13,15,18H,3-5,10,14,30H2,1-2H3,(H,33,35)(H,34,36);1-2H3. The van der Waals surface area contributed by atoms with Crippen LogP contribution in [0.1, 0.15) is 63.7 Å². The zero-order chi connectivity index (χ0) is 30.8. The van der Waals surface area contributed by atoms with E-state index in [0.29, 0.717) is 11.4 Å². The minimum Gasteiger partial charge on any atom is -0.477 e. The number of pyridine rings is 1. The summed E-state index contributed by atoms with van der Waals surface area (Å²) in [4.78, 5) is 33.4. The molecule has 2 atom stereocenters. The van der Waals surface area contributed by atoms with Gasteiger partial charge in [-0.25, -0.2) is 19.3 Å². The molecule has 0 aliphatic heterocycles. The number of hydrogen-bond donors (Lipinski definition) is 3. The van der Waals surface area contributed by atoms with Crippen LogP contribution in [0.3, 0.4) is 0 Å². The van der Waals surface area contributed by atoms with Crippen LogP contribution in [-0.2, 0) is 15.8 Å². The summed E-state index contributed by atoms with van der Waals surface area (Å²) in [7, 11) is -1.87. The zero-order valence-corrected chi connectivity index (χ0v) is 24.8. The highest BCUT2D eigenvalue weighted by Crippen LogP contribution is 2.32. The Kier molecular flexibility index (Phi) is 12.7. The minimum atomic E-state index is -4.51. The number of ether oxygens (including phenoxy) is 1. The van der Waals surface area contributed by atoms with E-state index < -0.39 is 35.2 Å². The van der Waals surface area contributed by atoms with Crippen molar-refractivity contribution in [2.24, 2.45) is 16.0 Å². The Balaban J connectivity index is 0.00000287. The Bertz CT molecular complexity index is 1240. The molecule has 41 heavy (non-hydrogen) atoms. The van der Waals surface area contributed by atoms with Gasteiger partial charge in [0.25, 0.3) is 11.8 Å². The predicted molar refractivity (Wildman–Crippen MR) is 153 cm³/mol. The van der Waals surface area contributed by atoms with Crippen molar-refractivity contribution in [2.45, 2.75) is 76.1 Å². The second-order valence-corrected chi connectivity index (χ2v) is 11.0. The van der Waals surface area contributed by atoms with Crippen LogP contribution in [0, 0.1) is 5.92 Å². The van der Waals surface area contributed by atoms with E-state index >= 15 is 0 Å². The molecular weight excluding hydrogens is 583 g/mol. The second-order valence-electron chi connectivity index (χ2n) is 9.52. The molecule has 1 fully saturated rings. The van der Waals surface area contributed by atoms with Gasteiger partial charge < -0.3 is 15.4 Å². The largest absolute Gasteiger partial charge is 0.477 e. The van der Waals surface area contributed by atoms with E-state index in [1.165, 1.54) is 24.3 Å². The SMILES string of the molecule is CC.CC(C)(Oc1ccc(Cl)cc1S(N)=O)C(=O)NC(CC=Nc1ccc(C(=O)NCC(F)(F)F)cn1)C1CCC1. The fourth-order valence-electron chi connectivity index (χ4n) is 3.74. The Morgan fingerprint density at radius 3 is 2.46 bits per heavy atom. The average molecular weight is 618 g/mol. The summed E-state index contributed by atoms with van der Waals surface area (Å²) < 4.78 is 54.7. The minimum absolute atomic E-state index is 0.0256. The van der Waals surface area contributed by atoms with E-state index in [9.17, 15) is 27.0 Å². The van der Waals surface area contributed by atoms with E-state index in [1.54, 1.807) is 31.4 Å². The molecule has 1 aromatic carbocycles. The lowest BCUT2D eigenvalue weighted by atomic mass is 9.78. The molecule has 0 spiro atoms. The number of rotatable bonds is 11. The van der Waals surface area contributed by atoms with Crippen LogP contribution in [0.5, 0.6) is 5.75 Å². The van der Waals surface area contributed by atoms with Crippen LogP contribution in [0.2, 0.25) is 5.02 Å². The van der Waals surface area contributed by atoms with Gasteiger partial charge in [-0.15, -0.1) is 0 Å². The van der Waals surface area contributed by atoms with Crippen molar-refractivity contribution in [3.05, 3.63) is 47.1 Å². The maximum Gasteiger partial charge on any atom is 0.405 e. The van der Waals surface area contributed by atoms with E-state index in [-0.39, 0.29) is 39.9 Å². The summed E-state index contributed by atoms with van der Waals surface area (Å²) >= 11 is 5.97. The van der Waals surface area contributed by atoms with E-state index in [0.717, 1.165) is 25.5 Å². The maximum atomic E-state index is 13.2. The molecule has 1 aromatic heterocycles. The average Bonchev–Trinajstić information content (AvgIpc) is 2.88. The molecule has 0 radical (unpaired) electrons. The van der Waals surface area contributed by atoms with Gasteiger partial charge in [0.05, 0.1) is 10.5 Å². The maximum absolute atomic E-state index is 13.2. The molecule has 2 amide bonds. The van der Waals surface area contributed by atoms with Crippen LogP contribution in [-0.4, -0.2) is 51.6 Å². The second kappa shape index (κ2) is 15.3. The van der Waals surface area contributed by atoms with Crippen molar-refractivity contribution in [1.82, 2.24) is 15.6 Å². The molecule has 1 saturated carbocycles. The van der Waals surface area contributed by atoms with Gasteiger partial charge in [-0.05, 0) is 62.9 Å². The van der Waals surface area contributed by atoms with Gasteiger partial charge in [-0.1, -0.05) is 31.9 Å². The molecule has 14 heteroatoms. The lowest BCUT2D eigenvalue weighted by molar-refractivity contribution is -0.135. The summed E-state index contributed by atoms with van der Waals surface area (Å²) in [5, 5.41) is 10.7. The van der Waals surface area contributed by atoms with Crippen LogP contribution in [0.4, 0.5) is 19.0 Å². The number of nitrogens with two attached hydrogens (primary N) is 1. The Morgan fingerprint density at radius 2 is 1.93 bits per heavy atom. The molecule has 226 valence electrons. The van der Waals surface area contributed by atoms with Crippen LogP contribution in [0.15, 0.2) is 46.4 Å². The molecule has 0 saturated heterocycles. The van der Waals surface area contributed by atoms with Gasteiger partial charge in [0.1, 0.15) is 23.3 Å². The monoisotopic (exact) mass is 617 g/mol. The number of carbonyl (C=O) groups is 2. The Morgan fingerprint density at radius 1 is 1.24 bits per heavy atom. The molecule has 2 unspecified atom stereocenters. The number of halogens is 4. The molecule has 9 nitrogen and oxygen atoms in total.